The van der Waals surface area contributed by atoms with Gasteiger partial charge in [-0.1, -0.05) is 0 Å². The summed E-state index contributed by atoms with van der Waals surface area (Å²) in [6.07, 6.45) is -1.16. The van der Waals surface area contributed by atoms with Gasteiger partial charge in [0.2, 0.25) is 0 Å². The fraction of sp³-hybridized carbons (Fsp3) is 0.500. The maximum absolute atomic E-state index is 10.2. The molecule has 0 fully saturated rings. The van der Waals surface area contributed by atoms with Crippen molar-refractivity contribution in [1.29, 1.82) is 0 Å². The average Bonchev–Trinajstić information content (AvgIpc) is 1.95. The van der Waals surface area contributed by atoms with E-state index in [9.17, 15) is 18.0 Å². The van der Waals surface area contributed by atoms with Crippen LogP contribution in [0.25, 0.3) is 0 Å². The van der Waals surface area contributed by atoms with Gasteiger partial charge >= 0.3 is 63.3 Å². The van der Waals surface area contributed by atoms with E-state index >= 15 is 0 Å². The molecule has 0 amide bonds. The second-order valence-electron chi connectivity index (χ2n) is 2.16. The minimum atomic E-state index is -4.84. The summed E-state index contributed by atoms with van der Waals surface area (Å²) in [5.41, 5.74) is 0. The summed E-state index contributed by atoms with van der Waals surface area (Å²) in [6.45, 7) is 0. The molecule has 0 radical (unpaired) electrons. The zero-order valence-corrected chi connectivity index (χ0v) is 13.1. The van der Waals surface area contributed by atoms with Gasteiger partial charge in [0, 0.05) is 11.0 Å². The van der Waals surface area contributed by atoms with E-state index < -0.39 is 44.7 Å². The van der Waals surface area contributed by atoms with Crippen molar-refractivity contribution in [2.45, 2.75) is 11.7 Å². The number of rotatable bonds is 4. The molecule has 0 aromatic heterocycles. The van der Waals surface area contributed by atoms with Gasteiger partial charge in [-0.15, -0.1) is 0 Å². The molecule has 4 N–H and O–H groups in total. The van der Waals surface area contributed by atoms with E-state index in [1.54, 1.807) is 0 Å². The van der Waals surface area contributed by atoms with Crippen LogP contribution >= 0.6 is 0 Å². The summed E-state index contributed by atoms with van der Waals surface area (Å²) in [7, 11) is -7.70. The fourth-order valence-corrected chi connectivity index (χ4v) is 1.09. The van der Waals surface area contributed by atoms with Gasteiger partial charge in [-0.05, 0) is 0 Å². The molecule has 0 aliphatic heterocycles. The normalized spacial score (nSPS) is 11.7. The minimum Gasteiger partial charge on any atom is -0.481 e. The van der Waals surface area contributed by atoms with Crippen LogP contribution < -0.4 is 51.4 Å². The average molecular weight is 318 g/mol. The maximum atomic E-state index is 10.2. The fourth-order valence-electron chi connectivity index (χ4n) is 0.479. The van der Waals surface area contributed by atoms with E-state index in [1.807, 2.05) is 0 Å². The Balaban J connectivity index is -0.000000340. The molecular weight excluding hydrogens is 311 g/mol. The molecule has 10 nitrogen and oxygen atoms in total. The van der Waals surface area contributed by atoms with Crippen molar-refractivity contribution in [2.24, 2.45) is 0 Å². The molecule has 0 saturated heterocycles. The molecule has 0 aromatic carbocycles. The summed E-state index contributed by atoms with van der Waals surface area (Å²) in [5, 5.41) is 13.9. The van der Waals surface area contributed by atoms with Gasteiger partial charge in [0.05, 0.1) is 6.42 Å². The summed E-state index contributed by atoms with van der Waals surface area (Å²) in [5.74, 6) is -3.50. The second kappa shape index (κ2) is 10.3. The Morgan fingerprint density at radius 3 is 1.53 bits per heavy atom. The van der Waals surface area contributed by atoms with Crippen molar-refractivity contribution in [3.63, 3.8) is 0 Å². The number of aliphatic carboxylic acids is 2. The molecule has 13 heteroatoms. The molecule has 96 valence electrons. The van der Waals surface area contributed by atoms with E-state index in [0.29, 0.717) is 0 Å². The number of hydrogen-bond donors (Lipinski definition) is 4. The van der Waals surface area contributed by atoms with Gasteiger partial charge < -0.3 is 23.2 Å². The standard InChI is InChI=1S/C4H6O7S.K.HO3S/c5-3(6)1-2(4(7)8)12(9,10)11;;1-4(2)3/h2H,1H2,(H,5,6)(H,7,8)(H,9,10,11);;(H,1,2,3)/q;+1;-1. The van der Waals surface area contributed by atoms with Crippen LogP contribution in [0.3, 0.4) is 0 Å². The van der Waals surface area contributed by atoms with Crippen molar-refractivity contribution in [3.8, 4) is 0 Å². The van der Waals surface area contributed by atoms with Crippen LogP contribution in [-0.2, 0) is 39.1 Å². The number of hydrogen-bond acceptors (Lipinski definition) is 7. The molecule has 0 aliphatic rings. The van der Waals surface area contributed by atoms with Gasteiger partial charge in [-0.25, -0.2) is 0 Å². The molecule has 0 aliphatic carbocycles. The van der Waals surface area contributed by atoms with Crippen LogP contribution in [-0.4, -0.2) is 44.9 Å². The first kappa shape index (κ1) is 22.6. The summed E-state index contributed by atoms with van der Waals surface area (Å²) in [4.78, 5) is 20.0. The van der Waals surface area contributed by atoms with Crippen LogP contribution in [0.2, 0.25) is 0 Å². The SMILES string of the molecule is O=C(O)CC(C(=O)O)S(=O)(=O)O.O=[S-](=O)O.[K+]. The van der Waals surface area contributed by atoms with E-state index in [4.69, 9.17) is 27.7 Å². The predicted octanol–water partition coefficient (Wildman–Crippen LogP) is -4.43. The molecular formula is C4H7KO10S2. The van der Waals surface area contributed by atoms with Gasteiger partial charge in [-0.2, -0.15) is 8.42 Å². The number of carbonyl (C=O) groups is 2. The maximum Gasteiger partial charge on any atom is 1.00 e. The quantitative estimate of drug-likeness (QED) is 0.171. The summed E-state index contributed by atoms with van der Waals surface area (Å²) >= 11 is 0. The first-order valence-corrected chi connectivity index (χ1v) is 5.71. The molecule has 0 aromatic rings. The molecule has 1 atom stereocenters. The van der Waals surface area contributed by atoms with Gasteiger partial charge in [0.1, 0.15) is 0 Å². The van der Waals surface area contributed by atoms with Crippen LogP contribution in [0, 0.1) is 0 Å². The van der Waals surface area contributed by atoms with Crippen LogP contribution in [0.4, 0.5) is 0 Å². The van der Waals surface area contributed by atoms with E-state index in [0.717, 1.165) is 0 Å². The molecule has 0 heterocycles. The molecule has 0 bridgehead atoms. The Labute approximate surface area is 140 Å². The Morgan fingerprint density at radius 2 is 1.47 bits per heavy atom. The number of carboxylic acid groups (broad SMARTS) is 2. The van der Waals surface area contributed by atoms with Crippen molar-refractivity contribution in [3.05, 3.63) is 0 Å². The number of carboxylic acids is 2. The zero-order valence-electron chi connectivity index (χ0n) is 8.34. The topological polar surface area (TPSA) is 183 Å². The van der Waals surface area contributed by atoms with Gasteiger partial charge in [0.25, 0.3) is 10.1 Å². The molecule has 17 heavy (non-hydrogen) atoms. The van der Waals surface area contributed by atoms with E-state index in [-0.39, 0.29) is 51.4 Å². The third-order valence-electron chi connectivity index (χ3n) is 0.995. The minimum absolute atomic E-state index is 0. The Kier molecular flexibility index (Phi) is 13.7. The smallest absolute Gasteiger partial charge is 0.481 e. The second-order valence-corrected chi connectivity index (χ2v) is 4.19. The van der Waals surface area contributed by atoms with Gasteiger partial charge in [-0.3, -0.25) is 14.1 Å². The Morgan fingerprint density at radius 1 is 1.18 bits per heavy atom. The van der Waals surface area contributed by atoms with Crippen molar-refractivity contribution >= 4 is 33.0 Å². The molecule has 0 saturated carbocycles. The Bertz CT molecular complexity index is 414. The van der Waals surface area contributed by atoms with Crippen LogP contribution in [0.15, 0.2) is 0 Å². The molecule has 0 rings (SSSR count). The van der Waals surface area contributed by atoms with Gasteiger partial charge in [0.15, 0.2) is 5.25 Å². The monoisotopic (exact) mass is 318 g/mol. The molecule has 0 spiro atoms. The van der Waals surface area contributed by atoms with E-state index in [1.165, 1.54) is 0 Å². The third kappa shape index (κ3) is 16.4. The predicted molar refractivity (Wildman–Crippen MR) is 46.6 cm³/mol. The zero-order chi connectivity index (χ0) is 13.5. The van der Waals surface area contributed by atoms with Crippen LogP contribution in [0.1, 0.15) is 6.42 Å². The molecule has 1 unspecified atom stereocenters. The van der Waals surface area contributed by atoms with Crippen molar-refractivity contribution in [2.75, 3.05) is 0 Å². The first-order chi connectivity index (χ1) is 6.98. The van der Waals surface area contributed by atoms with E-state index in [2.05, 4.69) is 0 Å². The van der Waals surface area contributed by atoms with Crippen molar-refractivity contribution in [1.82, 2.24) is 0 Å². The van der Waals surface area contributed by atoms with Crippen LogP contribution in [0.5, 0.6) is 0 Å². The summed E-state index contributed by atoms with van der Waals surface area (Å²) in [6, 6.07) is 0. The largest absolute Gasteiger partial charge is 1.00 e. The van der Waals surface area contributed by atoms with Crippen molar-refractivity contribution < 1.29 is 97.1 Å². The Hall–Kier alpha value is 0.396. The first-order valence-electron chi connectivity index (χ1n) is 3.17. The third-order valence-corrected chi connectivity index (χ3v) is 2.08. The summed E-state index contributed by atoms with van der Waals surface area (Å²) < 4.78 is 52.7.